The van der Waals surface area contributed by atoms with E-state index in [1.54, 1.807) is 16.9 Å². The first-order valence-electron chi connectivity index (χ1n) is 6.04. The van der Waals surface area contributed by atoms with Crippen LogP contribution in [-0.2, 0) is 7.05 Å². The molecular weight excluding hydrogens is 241 g/mol. The summed E-state index contributed by atoms with van der Waals surface area (Å²) >= 11 is 0. The summed E-state index contributed by atoms with van der Waals surface area (Å²) in [4.78, 5) is 0. The van der Waals surface area contributed by atoms with E-state index < -0.39 is 0 Å². The van der Waals surface area contributed by atoms with Crippen molar-refractivity contribution in [1.29, 1.82) is 0 Å². The van der Waals surface area contributed by atoms with Crippen molar-refractivity contribution in [2.45, 2.75) is 6.92 Å². The van der Waals surface area contributed by atoms with Crippen LogP contribution in [0.25, 0.3) is 22.0 Å². The van der Waals surface area contributed by atoms with Gasteiger partial charge in [0.15, 0.2) is 0 Å². The molecule has 3 nitrogen and oxygen atoms in total. The molecule has 96 valence electrons. The molecule has 4 heteroatoms. The van der Waals surface area contributed by atoms with E-state index in [0.717, 1.165) is 16.5 Å². The SMILES string of the molecule is Cc1ccc(-c2cc3c(cnn3C)cc2N)c(F)c1. The van der Waals surface area contributed by atoms with E-state index in [1.807, 2.05) is 32.2 Å². The first kappa shape index (κ1) is 11.7. The molecule has 0 bridgehead atoms. The van der Waals surface area contributed by atoms with Crippen molar-refractivity contribution in [3.63, 3.8) is 0 Å². The van der Waals surface area contributed by atoms with Gasteiger partial charge in [0.25, 0.3) is 0 Å². The molecule has 0 atom stereocenters. The first-order valence-corrected chi connectivity index (χ1v) is 6.04. The summed E-state index contributed by atoms with van der Waals surface area (Å²) in [5.74, 6) is -0.256. The zero-order valence-electron chi connectivity index (χ0n) is 10.8. The second-order valence-electron chi connectivity index (χ2n) is 4.75. The number of aryl methyl sites for hydroxylation is 2. The number of nitrogens with two attached hydrogens (primary N) is 1. The first-order chi connectivity index (χ1) is 9.06. The lowest BCUT2D eigenvalue weighted by atomic mass is 10.0. The van der Waals surface area contributed by atoms with E-state index in [2.05, 4.69) is 5.10 Å². The minimum absolute atomic E-state index is 0.256. The highest BCUT2D eigenvalue weighted by Crippen LogP contribution is 2.32. The molecule has 2 N–H and O–H groups in total. The summed E-state index contributed by atoms with van der Waals surface area (Å²) in [5, 5.41) is 5.13. The van der Waals surface area contributed by atoms with Gasteiger partial charge >= 0.3 is 0 Å². The molecule has 0 aliphatic carbocycles. The van der Waals surface area contributed by atoms with Gasteiger partial charge in [-0.1, -0.05) is 12.1 Å². The Balaban J connectivity index is 2.29. The average molecular weight is 255 g/mol. The molecule has 3 rings (SSSR count). The number of aromatic nitrogens is 2. The molecule has 0 aliphatic heterocycles. The maximum atomic E-state index is 14.1. The molecule has 0 amide bonds. The minimum atomic E-state index is -0.256. The molecule has 0 unspecified atom stereocenters. The lowest BCUT2D eigenvalue weighted by Gasteiger charge is -2.09. The Hall–Kier alpha value is -2.36. The van der Waals surface area contributed by atoms with Crippen LogP contribution in [0.4, 0.5) is 10.1 Å². The van der Waals surface area contributed by atoms with E-state index in [0.29, 0.717) is 16.8 Å². The number of hydrogen-bond acceptors (Lipinski definition) is 2. The molecule has 0 saturated carbocycles. The standard InChI is InChI=1S/C15H14FN3/c1-9-3-4-11(13(16)5-9)12-7-15-10(6-14(12)17)8-18-19(15)2/h3-8H,17H2,1-2H3. The Morgan fingerprint density at radius 1 is 1.16 bits per heavy atom. The van der Waals surface area contributed by atoms with Crippen LogP contribution in [0.3, 0.4) is 0 Å². The monoisotopic (exact) mass is 255 g/mol. The summed E-state index contributed by atoms with van der Waals surface area (Å²) in [6, 6.07) is 8.87. The third-order valence-corrected chi connectivity index (χ3v) is 3.33. The van der Waals surface area contributed by atoms with E-state index in [1.165, 1.54) is 6.07 Å². The Labute approximate surface area is 110 Å². The molecule has 19 heavy (non-hydrogen) atoms. The van der Waals surface area contributed by atoms with E-state index in [9.17, 15) is 4.39 Å². The fraction of sp³-hybridized carbons (Fsp3) is 0.133. The molecule has 1 heterocycles. The van der Waals surface area contributed by atoms with Gasteiger partial charge in [0.05, 0.1) is 11.7 Å². The third-order valence-electron chi connectivity index (χ3n) is 3.33. The van der Waals surface area contributed by atoms with Gasteiger partial charge in [0.2, 0.25) is 0 Å². The molecule has 0 fully saturated rings. The molecular formula is C15H14FN3. The van der Waals surface area contributed by atoms with Crippen LogP contribution >= 0.6 is 0 Å². The summed E-state index contributed by atoms with van der Waals surface area (Å²) < 4.78 is 15.8. The van der Waals surface area contributed by atoms with Gasteiger partial charge in [-0.25, -0.2) is 4.39 Å². The number of rotatable bonds is 1. The Morgan fingerprint density at radius 3 is 2.68 bits per heavy atom. The van der Waals surface area contributed by atoms with Gasteiger partial charge in [0.1, 0.15) is 5.82 Å². The molecule has 1 aromatic heterocycles. The number of nitrogen functional groups attached to an aromatic ring is 1. The predicted molar refractivity (Wildman–Crippen MR) is 75.3 cm³/mol. The van der Waals surface area contributed by atoms with Gasteiger partial charge in [-0.2, -0.15) is 5.10 Å². The lowest BCUT2D eigenvalue weighted by Crippen LogP contribution is -1.95. The van der Waals surface area contributed by atoms with Crippen LogP contribution < -0.4 is 5.73 Å². The second-order valence-corrected chi connectivity index (χ2v) is 4.75. The molecule has 0 radical (unpaired) electrons. The van der Waals surface area contributed by atoms with Crippen molar-refractivity contribution in [2.24, 2.45) is 7.05 Å². The van der Waals surface area contributed by atoms with E-state index in [4.69, 9.17) is 5.73 Å². The molecule has 3 aromatic rings. The highest BCUT2D eigenvalue weighted by Gasteiger charge is 2.11. The number of anilines is 1. The summed E-state index contributed by atoms with van der Waals surface area (Å²) in [7, 11) is 1.85. The van der Waals surface area contributed by atoms with Crippen molar-refractivity contribution in [3.8, 4) is 11.1 Å². The zero-order valence-corrected chi connectivity index (χ0v) is 10.8. The Bertz CT molecular complexity index is 774. The van der Waals surface area contributed by atoms with Crippen LogP contribution in [0.2, 0.25) is 0 Å². The van der Waals surface area contributed by atoms with Gasteiger partial charge < -0.3 is 5.73 Å². The molecule has 2 aromatic carbocycles. The van der Waals surface area contributed by atoms with Gasteiger partial charge in [-0.15, -0.1) is 0 Å². The van der Waals surface area contributed by atoms with Crippen LogP contribution in [0.5, 0.6) is 0 Å². The third kappa shape index (κ3) is 1.85. The van der Waals surface area contributed by atoms with Gasteiger partial charge in [0, 0.05) is 29.2 Å². The smallest absolute Gasteiger partial charge is 0.131 e. The van der Waals surface area contributed by atoms with Crippen molar-refractivity contribution >= 4 is 16.6 Å². The van der Waals surface area contributed by atoms with Crippen LogP contribution in [0.15, 0.2) is 36.5 Å². The van der Waals surface area contributed by atoms with Crippen LogP contribution in [-0.4, -0.2) is 9.78 Å². The van der Waals surface area contributed by atoms with Crippen molar-refractivity contribution in [3.05, 3.63) is 47.9 Å². The lowest BCUT2D eigenvalue weighted by molar-refractivity contribution is 0.630. The van der Waals surface area contributed by atoms with Crippen molar-refractivity contribution in [2.75, 3.05) is 5.73 Å². The quantitative estimate of drug-likeness (QED) is 0.678. The maximum Gasteiger partial charge on any atom is 0.131 e. The highest BCUT2D eigenvalue weighted by atomic mass is 19.1. The average Bonchev–Trinajstić information content (AvgIpc) is 2.70. The number of hydrogen-bond donors (Lipinski definition) is 1. The van der Waals surface area contributed by atoms with Gasteiger partial charge in [-0.05, 0) is 30.7 Å². The highest BCUT2D eigenvalue weighted by molar-refractivity contribution is 5.91. The van der Waals surface area contributed by atoms with Crippen molar-refractivity contribution in [1.82, 2.24) is 9.78 Å². The Kier molecular flexibility index (Phi) is 2.52. The molecule has 0 spiro atoms. The van der Waals surface area contributed by atoms with E-state index >= 15 is 0 Å². The van der Waals surface area contributed by atoms with E-state index in [-0.39, 0.29) is 5.82 Å². The molecule has 0 aliphatic rings. The van der Waals surface area contributed by atoms with Crippen LogP contribution in [0.1, 0.15) is 5.56 Å². The number of nitrogens with zero attached hydrogens (tertiary/aromatic N) is 2. The number of fused-ring (bicyclic) bond motifs is 1. The summed E-state index contributed by atoms with van der Waals surface area (Å²) in [6.45, 7) is 1.86. The zero-order chi connectivity index (χ0) is 13.6. The summed E-state index contributed by atoms with van der Waals surface area (Å²) in [5.41, 5.74) is 9.64. The number of benzene rings is 2. The maximum absolute atomic E-state index is 14.1. The van der Waals surface area contributed by atoms with Crippen molar-refractivity contribution < 1.29 is 4.39 Å². The largest absolute Gasteiger partial charge is 0.398 e. The van der Waals surface area contributed by atoms with Gasteiger partial charge in [-0.3, -0.25) is 4.68 Å². The Morgan fingerprint density at radius 2 is 1.95 bits per heavy atom. The number of halogens is 1. The molecule has 0 saturated heterocycles. The summed E-state index contributed by atoms with van der Waals surface area (Å²) in [6.07, 6.45) is 1.75. The fourth-order valence-electron chi connectivity index (χ4n) is 2.29. The minimum Gasteiger partial charge on any atom is -0.398 e. The normalized spacial score (nSPS) is 11.1. The second kappa shape index (κ2) is 4.09. The van der Waals surface area contributed by atoms with Crippen LogP contribution in [0, 0.1) is 12.7 Å². The predicted octanol–water partition coefficient (Wildman–Crippen LogP) is 3.27. The topological polar surface area (TPSA) is 43.8 Å². The fourth-order valence-corrected chi connectivity index (χ4v) is 2.29.